The van der Waals surface area contributed by atoms with Gasteiger partial charge in [0, 0.05) is 19.2 Å². The Morgan fingerprint density at radius 3 is 3.27 bits per heavy atom. The number of nitrogens with zero attached hydrogens (tertiary/aromatic N) is 2. The van der Waals surface area contributed by atoms with Gasteiger partial charge in [-0.25, -0.2) is 0 Å². The molecule has 0 spiro atoms. The van der Waals surface area contributed by atoms with Gasteiger partial charge in [-0.05, 0) is 25.3 Å². The van der Waals surface area contributed by atoms with Crippen molar-refractivity contribution < 1.29 is 4.79 Å². The molecule has 1 aromatic heterocycles. The van der Waals surface area contributed by atoms with Crippen molar-refractivity contribution in [3.63, 3.8) is 0 Å². The Kier molecular flexibility index (Phi) is 3.04. The number of rotatable bonds is 3. The molecular weight excluding hydrogens is 190 g/mol. The van der Waals surface area contributed by atoms with Gasteiger partial charge >= 0.3 is 0 Å². The van der Waals surface area contributed by atoms with E-state index in [9.17, 15) is 4.79 Å². The standard InChI is InChI=1S/C11H17N3O/c1-2-4-11(15)14-8-3-5-10(14)9-6-7-12-13-9/h6-7,10H,2-5,8H2,1H3,(H,12,13). The Hall–Kier alpha value is -1.32. The second-order valence-corrected chi connectivity index (χ2v) is 4.01. The number of likely N-dealkylation sites (tertiary alicyclic amines) is 1. The highest BCUT2D eigenvalue weighted by Gasteiger charge is 2.29. The number of nitrogens with one attached hydrogen (secondary N) is 1. The monoisotopic (exact) mass is 207 g/mol. The molecule has 0 bridgehead atoms. The van der Waals surface area contributed by atoms with Gasteiger partial charge in [0.1, 0.15) is 0 Å². The molecular formula is C11H17N3O. The van der Waals surface area contributed by atoms with Crippen LogP contribution in [0.1, 0.15) is 44.3 Å². The number of amides is 1. The number of carbonyl (C=O) groups excluding carboxylic acids is 1. The lowest BCUT2D eigenvalue weighted by atomic mass is 10.1. The van der Waals surface area contributed by atoms with E-state index in [1.54, 1.807) is 6.20 Å². The summed E-state index contributed by atoms with van der Waals surface area (Å²) in [6.07, 6.45) is 5.47. The summed E-state index contributed by atoms with van der Waals surface area (Å²) in [6.45, 7) is 2.93. The van der Waals surface area contributed by atoms with Crippen LogP contribution in [0.2, 0.25) is 0 Å². The molecule has 1 aromatic rings. The maximum atomic E-state index is 11.8. The molecule has 0 aliphatic carbocycles. The number of aromatic nitrogens is 2. The van der Waals surface area contributed by atoms with Crippen LogP contribution in [0.3, 0.4) is 0 Å². The van der Waals surface area contributed by atoms with Crippen LogP contribution < -0.4 is 0 Å². The SMILES string of the molecule is CCCC(=O)N1CCCC1c1ccn[nH]1. The summed E-state index contributed by atoms with van der Waals surface area (Å²) in [6, 6.07) is 2.19. The van der Waals surface area contributed by atoms with Crippen molar-refractivity contribution in [1.29, 1.82) is 0 Å². The summed E-state index contributed by atoms with van der Waals surface area (Å²) in [5.41, 5.74) is 1.07. The molecule has 15 heavy (non-hydrogen) atoms. The maximum absolute atomic E-state index is 11.8. The number of H-pyrrole nitrogens is 1. The van der Waals surface area contributed by atoms with Crippen LogP contribution in [-0.4, -0.2) is 27.5 Å². The first-order valence-corrected chi connectivity index (χ1v) is 5.61. The molecule has 1 aliphatic heterocycles. The van der Waals surface area contributed by atoms with Gasteiger partial charge in [-0.2, -0.15) is 5.10 Å². The third-order valence-corrected chi connectivity index (χ3v) is 2.92. The quantitative estimate of drug-likeness (QED) is 0.822. The zero-order valence-electron chi connectivity index (χ0n) is 9.07. The average Bonchev–Trinajstić information content (AvgIpc) is 2.88. The van der Waals surface area contributed by atoms with E-state index in [2.05, 4.69) is 10.2 Å². The van der Waals surface area contributed by atoms with E-state index in [4.69, 9.17) is 0 Å². The smallest absolute Gasteiger partial charge is 0.223 e. The maximum Gasteiger partial charge on any atom is 0.223 e. The molecule has 1 N–H and O–H groups in total. The molecule has 4 nitrogen and oxygen atoms in total. The minimum atomic E-state index is 0.228. The Morgan fingerprint density at radius 2 is 2.60 bits per heavy atom. The number of aromatic amines is 1. The summed E-state index contributed by atoms with van der Waals surface area (Å²) in [7, 11) is 0. The van der Waals surface area contributed by atoms with E-state index in [0.29, 0.717) is 6.42 Å². The van der Waals surface area contributed by atoms with Crippen molar-refractivity contribution in [2.45, 2.75) is 38.6 Å². The second-order valence-electron chi connectivity index (χ2n) is 4.01. The first-order valence-electron chi connectivity index (χ1n) is 5.61. The molecule has 4 heteroatoms. The van der Waals surface area contributed by atoms with Crippen molar-refractivity contribution in [3.05, 3.63) is 18.0 Å². The summed E-state index contributed by atoms with van der Waals surface area (Å²) in [5, 5.41) is 6.91. The molecule has 0 aromatic carbocycles. The molecule has 1 aliphatic rings. The fourth-order valence-electron chi connectivity index (χ4n) is 2.20. The number of hydrogen-bond acceptors (Lipinski definition) is 2. The van der Waals surface area contributed by atoms with Crippen LogP contribution in [0.4, 0.5) is 0 Å². The van der Waals surface area contributed by atoms with Crippen molar-refractivity contribution in [3.8, 4) is 0 Å². The van der Waals surface area contributed by atoms with E-state index in [-0.39, 0.29) is 11.9 Å². The molecule has 1 atom stereocenters. The van der Waals surface area contributed by atoms with Gasteiger partial charge in [-0.3, -0.25) is 9.89 Å². The average molecular weight is 207 g/mol. The van der Waals surface area contributed by atoms with Crippen molar-refractivity contribution in [2.24, 2.45) is 0 Å². The van der Waals surface area contributed by atoms with Crippen molar-refractivity contribution in [1.82, 2.24) is 15.1 Å². The van der Waals surface area contributed by atoms with E-state index >= 15 is 0 Å². The predicted molar refractivity (Wildman–Crippen MR) is 57.2 cm³/mol. The van der Waals surface area contributed by atoms with Crippen molar-refractivity contribution >= 4 is 5.91 Å². The van der Waals surface area contributed by atoms with Gasteiger partial charge in [-0.15, -0.1) is 0 Å². The first-order chi connectivity index (χ1) is 7.33. The lowest BCUT2D eigenvalue weighted by Crippen LogP contribution is -2.30. The normalized spacial score (nSPS) is 20.9. The molecule has 82 valence electrons. The van der Waals surface area contributed by atoms with Gasteiger partial charge in [0.05, 0.1) is 11.7 Å². The fourth-order valence-corrected chi connectivity index (χ4v) is 2.20. The molecule has 1 saturated heterocycles. The Balaban J connectivity index is 2.08. The first kappa shape index (κ1) is 10.2. The summed E-state index contributed by atoms with van der Waals surface area (Å²) in [4.78, 5) is 13.8. The van der Waals surface area contributed by atoms with Gasteiger partial charge in [0.25, 0.3) is 0 Å². The van der Waals surface area contributed by atoms with Crippen molar-refractivity contribution in [2.75, 3.05) is 6.54 Å². The van der Waals surface area contributed by atoms with Crippen LogP contribution in [0.5, 0.6) is 0 Å². The Labute approximate surface area is 89.7 Å². The summed E-state index contributed by atoms with van der Waals surface area (Å²) >= 11 is 0. The van der Waals surface area contributed by atoms with Crippen LogP contribution in [0, 0.1) is 0 Å². The van der Waals surface area contributed by atoms with Crippen LogP contribution in [0.15, 0.2) is 12.3 Å². The number of carbonyl (C=O) groups is 1. The lowest BCUT2D eigenvalue weighted by Gasteiger charge is -2.23. The van der Waals surface area contributed by atoms with Crippen LogP contribution >= 0.6 is 0 Å². The lowest BCUT2D eigenvalue weighted by molar-refractivity contribution is -0.132. The van der Waals surface area contributed by atoms with Gasteiger partial charge in [-0.1, -0.05) is 6.92 Å². The van der Waals surface area contributed by atoms with E-state index in [1.165, 1.54) is 0 Å². The van der Waals surface area contributed by atoms with E-state index in [1.807, 2.05) is 17.9 Å². The molecule has 1 amide bonds. The highest BCUT2D eigenvalue weighted by molar-refractivity contribution is 5.76. The summed E-state index contributed by atoms with van der Waals surface area (Å²) in [5.74, 6) is 0.273. The molecule has 2 heterocycles. The van der Waals surface area contributed by atoms with Gasteiger partial charge in [0.2, 0.25) is 5.91 Å². The molecule has 2 rings (SSSR count). The largest absolute Gasteiger partial charge is 0.334 e. The third kappa shape index (κ3) is 2.03. The minimum Gasteiger partial charge on any atom is -0.334 e. The van der Waals surface area contributed by atoms with E-state index in [0.717, 1.165) is 31.5 Å². The highest BCUT2D eigenvalue weighted by atomic mass is 16.2. The van der Waals surface area contributed by atoms with Gasteiger partial charge < -0.3 is 4.90 Å². The number of hydrogen-bond donors (Lipinski definition) is 1. The van der Waals surface area contributed by atoms with Crippen LogP contribution in [0.25, 0.3) is 0 Å². The van der Waals surface area contributed by atoms with Gasteiger partial charge in [0.15, 0.2) is 0 Å². The Morgan fingerprint density at radius 1 is 1.73 bits per heavy atom. The summed E-state index contributed by atoms with van der Waals surface area (Å²) < 4.78 is 0. The van der Waals surface area contributed by atoms with Crippen LogP contribution in [-0.2, 0) is 4.79 Å². The topological polar surface area (TPSA) is 49.0 Å². The minimum absolute atomic E-state index is 0.228. The molecule has 0 saturated carbocycles. The fraction of sp³-hybridized carbons (Fsp3) is 0.636. The molecule has 1 fully saturated rings. The molecule has 1 unspecified atom stereocenters. The highest BCUT2D eigenvalue weighted by Crippen LogP contribution is 2.30. The Bertz CT molecular complexity index is 321. The zero-order valence-corrected chi connectivity index (χ0v) is 9.07. The predicted octanol–water partition coefficient (Wildman–Crippen LogP) is 1.87. The van der Waals surface area contributed by atoms with E-state index < -0.39 is 0 Å². The third-order valence-electron chi connectivity index (χ3n) is 2.92. The zero-order chi connectivity index (χ0) is 10.7. The second kappa shape index (κ2) is 4.47. The molecule has 0 radical (unpaired) electrons.